The highest BCUT2D eigenvalue weighted by Crippen LogP contribution is 2.33. The van der Waals surface area contributed by atoms with Crippen LogP contribution in [0.1, 0.15) is 80.8 Å². The lowest BCUT2D eigenvalue weighted by molar-refractivity contribution is -0.147. The van der Waals surface area contributed by atoms with Gasteiger partial charge in [-0.3, -0.25) is 19.5 Å². The Balaban J connectivity index is 0.717. The fourth-order valence-corrected chi connectivity index (χ4v) is 10.3. The van der Waals surface area contributed by atoms with Crippen LogP contribution in [-0.4, -0.2) is 153 Å². The first kappa shape index (κ1) is 47.0. The number of nitrogens with one attached hydrogen (secondary N) is 2. The molecular formula is C47H64F3N11O3S. The molecule has 0 saturated carbocycles. The quantitative estimate of drug-likeness (QED) is 0.140. The van der Waals surface area contributed by atoms with Gasteiger partial charge >= 0.3 is 6.18 Å². The molecular weight excluding hydrogens is 856 g/mol. The van der Waals surface area contributed by atoms with E-state index in [1.807, 2.05) is 24.6 Å². The van der Waals surface area contributed by atoms with E-state index < -0.39 is 18.1 Å². The first-order valence-corrected chi connectivity index (χ1v) is 24.0. The molecule has 2 aromatic heterocycles. The number of aliphatic hydroxyl groups is 1. The number of β-amino-alcohol motifs (C(OH)–C–C–N with tert-alkyl or cyclic N) is 1. The number of halogens is 3. The van der Waals surface area contributed by atoms with Crippen molar-refractivity contribution in [2.75, 3.05) is 78.6 Å². The number of piperazine rings is 1. The van der Waals surface area contributed by atoms with Gasteiger partial charge in [-0.2, -0.15) is 22.9 Å². The minimum Gasteiger partial charge on any atom is -0.492 e. The van der Waals surface area contributed by atoms with Gasteiger partial charge in [-0.05, 0) is 66.3 Å². The molecule has 18 heteroatoms. The summed E-state index contributed by atoms with van der Waals surface area (Å²) in [4.78, 5) is 28.3. The van der Waals surface area contributed by atoms with Crippen molar-refractivity contribution in [1.29, 1.82) is 0 Å². The number of amidine groups is 1. The highest BCUT2D eigenvalue weighted by Gasteiger charge is 2.41. The molecule has 4 aliphatic heterocycles. The molecule has 14 nitrogen and oxygen atoms in total. The topological polar surface area (TPSA) is 140 Å². The number of carbonyl (C=O) groups is 1. The van der Waals surface area contributed by atoms with Crippen LogP contribution < -0.4 is 15.4 Å². The maximum atomic E-state index is 13.5. The second kappa shape index (κ2) is 20.6. The highest BCUT2D eigenvalue weighted by atomic mass is 32.1. The molecule has 3 N–H and O–H groups in total. The molecule has 0 bridgehead atoms. The number of piperidine rings is 1. The Morgan fingerprint density at radius 1 is 0.938 bits per heavy atom. The fourth-order valence-electron chi connectivity index (χ4n) is 9.49. The van der Waals surface area contributed by atoms with Crippen molar-refractivity contribution in [3.63, 3.8) is 0 Å². The molecule has 0 aliphatic carbocycles. The second-order valence-electron chi connectivity index (χ2n) is 19.0. The van der Waals surface area contributed by atoms with Crippen molar-refractivity contribution in [2.24, 2.45) is 10.5 Å². The molecule has 3 atom stereocenters. The molecule has 1 amide bonds. The van der Waals surface area contributed by atoms with Gasteiger partial charge in [-0.1, -0.05) is 57.2 Å². The van der Waals surface area contributed by atoms with Crippen LogP contribution in [0.4, 0.5) is 13.2 Å². The molecule has 0 radical (unpaired) electrons. The number of hydrogen-bond acceptors (Lipinski definition) is 13. The maximum absolute atomic E-state index is 13.5. The third-order valence-corrected chi connectivity index (χ3v) is 14.5. The van der Waals surface area contributed by atoms with Crippen LogP contribution in [0.3, 0.4) is 0 Å². The molecule has 6 heterocycles. The molecule has 8 rings (SSSR count). The Kier molecular flexibility index (Phi) is 14.9. The van der Waals surface area contributed by atoms with Crippen molar-refractivity contribution >= 4 is 23.1 Å². The van der Waals surface area contributed by atoms with E-state index in [9.17, 15) is 23.1 Å². The van der Waals surface area contributed by atoms with Crippen LogP contribution in [-0.2, 0) is 23.9 Å². The summed E-state index contributed by atoms with van der Waals surface area (Å²) in [6, 6.07) is 16.4. The monoisotopic (exact) mass is 919 g/mol. The molecule has 352 valence electrons. The number of aryl methyl sites for hydroxylation is 2. The Hall–Kier alpha value is -4.46. The summed E-state index contributed by atoms with van der Waals surface area (Å²) in [7, 11) is 0. The molecule has 3 saturated heterocycles. The number of thiazole rings is 1. The van der Waals surface area contributed by atoms with Gasteiger partial charge in [0.05, 0.1) is 28.2 Å². The standard InChI is InChI=1S/C47H64F3N11O3S/c1-32-43(65-31-53-32)36-7-5-33(6-8-36)28-52-44(63)39-27-37(62)29-60(39)30-40(46(2,3)4)51-17-20-57-21-23-58(24-22-57)25-26-64-38-11-9-34(10-12-38)35-15-18-59(19-16-35)42-14-13-41-54-55-45(47(48,49)50)61(41)56-42/h5-12,31,35,37,39-40,51,62H,13-30H2,1-4H3,(H,52,63)/t37-,39-,40+/m0/s1. The lowest BCUT2D eigenvalue weighted by Gasteiger charge is -2.38. The largest absolute Gasteiger partial charge is 0.492 e. The molecule has 3 fully saturated rings. The summed E-state index contributed by atoms with van der Waals surface area (Å²) in [5, 5.41) is 29.0. The number of alkyl halides is 3. The van der Waals surface area contributed by atoms with E-state index in [0.29, 0.717) is 57.3 Å². The average Bonchev–Trinajstić information content (AvgIpc) is 4.03. The molecule has 4 aliphatic rings. The Bertz CT molecular complexity index is 2210. The summed E-state index contributed by atoms with van der Waals surface area (Å²) in [5.41, 5.74) is 6.25. The number of benzene rings is 2. The Morgan fingerprint density at radius 2 is 1.65 bits per heavy atom. The van der Waals surface area contributed by atoms with E-state index in [1.165, 1.54) is 5.56 Å². The van der Waals surface area contributed by atoms with E-state index in [0.717, 1.165) is 104 Å². The predicted molar refractivity (Wildman–Crippen MR) is 246 cm³/mol. The number of aromatic nitrogens is 4. The van der Waals surface area contributed by atoms with Crippen LogP contribution in [0.15, 0.2) is 59.1 Å². The van der Waals surface area contributed by atoms with E-state index in [-0.39, 0.29) is 29.2 Å². The van der Waals surface area contributed by atoms with Crippen molar-refractivity contribution in [3.05, 3.63) is 82.5 Å². The summed E-state index contributed by atoms with van der Waals surface area (Å²) in [6.07, 6.45) is -1.94. The minimum atomic E-state index is -4.59. The third kappa shape index (κ3) is 11.9. The first-order valence-electron chi connectivity index (χ1n) is 23.1. The summed E-state index contributed by atoms with van der Waals surface area (Å²) in [5.74, 6) is 1.03. The lowest BCUT2D eigenvalue weighted by atomic mass is 9.86. The van der Waals surface area contributed by atoms with Crippen LogP contribution in [0.5, 0.6) is 5.75 Å². The van der Waals surface area contributed by atoms with Gasteiger partial charge in [0.2, 0.25) is 5.91 Å². The average molecular weight is 920 g/mol. The molecule has 0 unspecified atom stereocenters. The zero-order chi connectivity index (χ0) is 45.7. The number of likely N-dealkylation sites (tertiary alicyclic amines) is 2. The number of amides is 1. The van der Waals surface area contributed by atoms with E-state index in [1.54, 1.807) is 11.3 Å². The zero-order valence-electron chi connectivity index (χ0n) is 38.1. The lowest BCUT2D eigenvalue weighted by Crippen LogP contribution is -2.54. The number of ether oxygens (including phenoxy) is 1. The predicted octanol–water partition coefficient (Wildman–Crippen LogP) is 5.47. The number of aliphatic hydroxyl groups excluding tert-OH is 1. The zero-order valence-corrected chi connectivity index (χ0v) is 38.9. The minimum absolute atomic E-state index is 0.0402. The molecule has 2 aromatic carbocycles. The van der Waals surface area contributed by atoms with Crippen LogP contribution in [0, 0.1) is 12.3 Å². The Labute approximate surface area is 384 Å². The van der Waals surface area contributed by atoms with Crippen molar-refractivity contribution in [2.45, 2.75) is 96.6 Å². The first-order chi connectivity index (χ1) is 31.2. The van der Waals surface area contributed by atoms with Crippen molar-refractivity contribution in [3.8, 4) is 16.2 Å². The highest BCUT2D eigenvalue weighted by molar-refractivity contribution is 7.13. The number of rotatable bonds is 15. The van der Waals surface area contributed by atoms with Crippen molar-refractivity contribution < 1.29 is 27.8 Å². The van der Waals surface area contributed by atoms with Crippen LogP contribution in [0.2, 0.25) is 0 Å². The molecule has 4 aromatic rings. The molecule has 65 heavy (non-hydrogen) atoms. The normalized spacial score (nSPS) is 21.0. The second-order valence-corrected chi connectivity index (χ2v) is 19.9. The number of nitrogens with zero attached hydrogens (tertiary/aromatic N) is 9. The Morgan fingerprint density at radius 3 is 2.31 bits per heavy atom. The number of fused-ring (bicyclic) bond motifs is 1. The van der Waals surface area contributed by atoms with Gasteiger partial charge in [0, 0.05) is 97.4 Å². The van der Waals surface area contributed by atoms with Crippen LogP contribution >= 0.6 is 11.3 Å². The van der Waals surface area contributed by atoms with Crippen LogP contribution in [0.25, 0.3) is 10.4 Å². The molecule has 0 spiro atoms. The van der Waals surface area contributed by atoms with Crippen molar-refractivity contribution in [1.82, 2.24) is 50.1 Å². The third-order valence-electron chi connectivity index (χ3n) is 13.5. The maximum Gasteiger partial charge on any atom is 0.453 e. The number of carbonyl (C=O) groups excluding carboxylic acids is 1. The van der Waals surface area contributed by atoms with Gasteiger partial charge in [0.25, 0.3) is 5.82 Å². The fraction of sp³-hybridized carbons (Fsp3) is 0.596. The smallest absolute Gasteiger partial charge is 0.453 e. The van der Waals surface area contributed by atoms with E-state index in [2.05, 4.69) is 108 Å². The van der Waals surface area contributed by atoms with E-state index in [4.69, 9.17) is 4.74 Å². The van der Waals surface area contributed by atoms with E-state index >= 15 is 0 Å². The SMILES string of the molecule is Cc1ncsc1-c1ccc(CNC(=O)[C@@H]2C[C@H](O)CN2C[C@@H](NCCN2CCN(CCOc3ccc(C4CCN(C5=Nn6c(nnc6C(F)(F)F)CC5)CC4)cc3)CC2)C(C)(C)C)cc1. The van der Waals surface area contributed by atoms with Gasteiger partial charge in [0.1, 0.15) is 18.2 Å². The summed E-state index contributed by atoms with van der Waals surface area (Å²) >= 11 is 1.63. The van der Waals surface area contributed by atoms with Gasteiger partial charge in [-0.15, -0.1) is 21.5 Å². The number of hydrogen-bond donors (Lipinski definition) is 3. The van der Waals surface area contributed by atoms with Gasteiger partial charge in [-0.25, -0.2) is 4.98 Å². The van der Waals surface area contributed by atoms with Gasteiger partial charge in [0.15, 0.2) is 5.82 Å². The summed E-state index contributed by atoms with van der Waals surface area (Å²) < 4.78 is 47.2. The van der Waals surface area contributed by atoms with Gasteiger partial charge < -0.3 is 25.4 Å². The summed E-state index contributed by atoms with van der Waals surface area (Å²) in [6.45, 7) is 19.0.